The van der Waals surface area contributed by atoms with Crippen LogP contribution in [0.5, 0.6) is 11.5 Å². The number of carbonyl (C=O) groups is 1. The molecule has 19 heavy (non-hydrogen) atoms. The summed E-state index contributed by atoms with van der Waals surface area (Å²) in [6.07, 6.45) is 4.73. The molecule has 0 amide bonds. The first-order valence-electron chi connectivity index (χ1n) is 6.48. The standard InChI is InChI=1S/C15H22O3S/c1-5-6-8-11(15(16)19-4)14-12(17-2)9-7-10-13(14)18-3/h7,9-11H,5-6,8H2,1-4H3. The van der Waals surface area contributed by atoms with E-state index in [1.807, 2.05) is 24.5 Å². The minimum absolute atomic E-state index is 0.163. The summed E-state index contributed by atoms with van der Waals surface area (Å²) in [4.78, 5) is 12.2. The van der Waals surface area contributed by atoms with Crippen LogP contribution in [0.2, 0.25) is 0 Å². The van der Waals surface area contributed by atoms with E-state index >= 15 is 0 Å². The van der Waals surface area contributed by atoms with Crippen LogP contribution >= 0.6 is 11.8 Å². The van der Waals surface area contributed by atoms with Gasteiger partial charge in [0.15, 0.2) is 5.12 Å². The van der Waals surface area contributed by atoms with Crippen molar-refractivity contribution in [1.82, 2.24) is 0 Å². The predicted octanol–water partition coefficient (Wildman–Crippen LogP) is 3.87. The molecule has 0 radical (unpaired) electrons. The summed E-state index contributed by atoms with van der Waals surface area (Å²) in [6.45, 7) is 2.13. The summed E-state index contributed by atoms with van der Waals surface area (Å²) < 4.78 is 10.8. The van der Waals surface area contributed by atoms with E-state index in [4.69, 9.17) is 9.47 Å². The third-order valence-electron chi connectivity index (χ3n) is 3.15. The summed E-state index contributed by atoms with van der Waals surface area (Å²) in [5, 5.41) is 0.163. The van der Waals surface area contributed by atoms with Crippen molar-refractivity contribution >= 4 is 16.9 Å². The van der Waals surface area contributed by atoms with E-state index in [9.17, 15) is 4.79 Å². The molecule has 1 rings (SSSR count). The van der Waals surface area contributed by atoms with Crippen molar-refractivity contribution in [2.75, 3.05) is 20.5 Å². The second kappa shape index (κ2) is 8.10. The van der Waals surface area contributed by atoms with Gasteiger partial charge in [-0.05, 0) is 24.8 Å². The van der Waals surface area contributed by atoms with Crippen LogP contribution in [-0.4, -0.2) is 25.6 Å². The monoisotopic (exact) mass is 282 g/mol. The number of hydrogen-bond acceptors (Lipinski definition) is 4. The van der Waals surface area contributed by atoms with Gasteiger partial charge in [0, 0.05) is 5.56 Å². The number of thioether (sulfide) groups is 1. The van der Waals surface area contributed by atoms with E-state index in [1.54, 1.807) is 14.2 Å². The average Bonchev–Trinajstić information content (AvgIpc) is 2.46. The Kier molecular flexibility index (Phi) is 6.78. The smallest absolute Gasteiger partial charge is 0.196 e. The molecule has 0 aromatic heterocycles. The van der Waals surface area contributed by atoms with E-state index in [1.165, 1.54) is 11.8 Å². The zero-order chi connectivity index (χ0) is 14.3. The Morgan fingerprint density at radius 1 is 1.26 bits per heavy atom. The minimum Gasteiger partial charge on any atom is -0.496 e. The predicted molar refractivity (Wildman–Crippen MR) is 80.3 cm³/mol. The van der Waals surface area contributed by atoms with E-state index in [0.717, 1.165) is 36.3 Å². The highest BCUT2D eigenvalue weighted by Crippen LogP contribution is 2.39. The number of benzene rings is 1. The van der Waals surface area contributed by atoms with Crippen LogP contribution in [0.15, 0.2) is 18.2 Å². The zero-order valence-electron chi connectivity index (χ0n) is 12.1. The van der Waals surface area contributed by atoms with E-state index in [0.29, 0.717) is 0 Å². The minimum atomic E-state index is -0.166. The molecular weight excluding hydrogens is 260 g/mol. The third-order valence-corrected chi connectivity index (χ3v) is 3.83. The van der Waals surface area contributed by atoms with Gasteiger partial charge in [-0.2, -0.15) is 0 Å². The lowest BCUT2D eigenvalue weighted by Crippen LogP contribution is -2.12. The van der Waals surface area contributed by atoms with Crippen LogP contribution < -0.4 is 9.47 Å². The molecule has 3 nitrogen and oxygen atoms in total. The lowest BCUT2D eigenvalue weighted by atomic mass is 9.93. The fraction of sp³-hybridized carbons (Fsp3) is 0.533. The summed E-state index contributed by atoms with van der Waals surface area (Å²) in [5.74, 6) is 1.28. The van der Waals surface area contributed by atoms with Crippen molar-refractivity contribution in [1.29, 1.82) is 0 Å². The number of methoxy groups -OCH3 is 2. The fourth-order valence-corrected chi connectivity index (χ4v) is 2.67. The number of ether oxygens (including phenoxy) is 2. The first-order chi connectivity index (χ1) is 9.19. The Balaban J connectivity index is 3.22. The number of unbranched alkanes of at least 4 members (excludes halogenated alkanes) is 1. The van der Waals surface area contributed by atoms with Gasteiger partial charge in [0.1, 0.15) is 11.5 Å². The van der Waals surface area contributed by atoms with Gasteiger partial charge in [-0.1, -0.05) is 37.6 Å². The summed E-state index contributed by atoms with van der Waals surface area (Å²) in [7, 11) is 3.25. The molecule has 0 heterocycles. The third kappa shape index (κ3) is 3.90. The Bertz CT molecular complexity index is 396. The quantitative estimate of drug-likeness (QED) is 0.760. The maximum Gasteiger partial charge on any atom is 0.196 e. The van der Waals surface area contributed by atoms with E-state index in [2.05, 4.69) is 6.92 Å². The molecule has 106 valence electrons. The van der Waals surface area contributed by atoms with Gasteiger partial charge in [-0.3, -0.25) is 4.79 Å². The fourth-order valence-electron chi connectivity index (χ4n) is 2.15. The van der Waals surface area contributed by atoms with Crippen LogP contribution in [0.3, 0.4) is 0 Å². The summed E-state index contributed by atoms with van der Waals surface area (Å²) in [6, 6.07) is 5.64. The van der Waals surface area contributed by atoms with Gasteiger partial charge in [-0.15, -0.1) is 0 Å². The maximum atomic E-state index is 12.2. The Morgan fingerprint density at radius 3 is 2.26 bits per heavy atom. The second-order valence-corrected chi connectivity index (χ2v) is 5.10. The topological polar surface area (TPSA) is 35.5 Å². The van der Waals surface area contributed by atoms with E-state index < -0.39 is 0 Å². The lowest BCUT2D eigenvalue weighted by molar-refractivity contribution is -0.112. The maximum absolute atomic E-state index is 12.2. The van der Waals surface area contributed by atoms with Crippen molar-refractivity contribution < 1.29 is 14.3 Å². The molecule has 0 bridgehead atoms. The molecule has 4 heteroatoms. The van der Waals surface area contributed by atoms with Crippen molar-refractivity contribution in [3.8, 4) is 11.5 Å². The van der Waals surface area contributed by atoms with Gasteiger partial charge in [0.25, 0.3) is 0 Å². The lowest BCUT2D eigenvalue weighted by Gasteiger charge is -2.20. The van der Waals surface area contributed by atoms with Gasteiger partial charge in [-0.25, -0.2) is 0 Å². The SMILES string of the molecule is CCCCC(C(=O)SC)c1c(OC)cccc1OC. The summed E-state index contributed by atoms with van der Waals surface area (Å²) >= 11 is 1.27. The van der Waals surface area contributed by atoms with Gasteiger partial charge >= 0.3 is 0 Å². The van der Waals surface area contributed by atoms with Crippen molar-refractivity contribution in [2.45, 2.75) is 32.1 Å². The number of hydrogen-bond donors (Lipinski definition) is 0. The van der Waals surface area contributed by atoms with Crippen LogP contribution in [-0.2, 0) is 4.79 Å². The molecule has 0 spiro atoms. The van der Waals surface area contributed by atoms with Crippen LogP contribution in [0.1, 0.15) is 37.7 Å². The average molecular weight is 282 g/mol. The molecular formula is C15H22O3S. The molecule has 1 aromatic carbocycles. The number of carbonyl (C=O) groups excluding carboxylic acids is 1. The van der Waals surface area contributed by atoms with Crippen molar-refractivity contribution in [3.63, 3.8) is 0 Å². The van der Waals surface area contributed by atoms with E-state index in [-0.39, 0.29) is 11.0 Å². The first-order valence-corrected chi connectivity index (χ1v) is 7.70. The first kappa shape index (κ1) is 15.9. The highest BCUT2D eigenvalue weighted by Gasteiger charge is 2.26. The molecule has 0 saturated carbocycles. The molecule has 0 aliphatic heterocycles. The van der Waals surface area contributed by atoms with Crippen LogP contribution in [0, 0.1) is 0 Å². The Labute approximate surface area is 119 Å². The molecule has 0 N–H and O–H groups in total. The van der Waals surface area contributed by atoms with Crippen molar-refractivity contribution in [3.05, 3.63) is 23.8 Å². The molecule has 1 aromatic rings. The van der Waals surface area contributed by atoms with Gasteiger partial charge in [0.05, 0.1) is 20.1 Å². The molecule has 0 aliphatic carbocycles. The molecule has 1 unspecified atom stereocenters. The summed E-state index contributed by atoms with van der Waals surface area (Å²) in [5.41, 5.74) is 0.875. The molecule has 0 aliphatic rings. The van der Waals surface area contributed by atoms with Crippen molar-refractivity contribution in [2.24, 2.45) is 0 Å². The highest BCUT2D eigenvalue weighted by molar-refractivity contribution is 8.13. The Hall–Kier alpha value is -1.16. The molecule has 0 fully saturated rings. The largest absolute Gasteiger partial charge is 0.496 e. The van der Waals surface area contributed by atoms with Gasteiger partial charge in [0.2, 0.25) is 0 Å². The Morgan fingerprint density at radius 2 is 1.84 bits per heavy atom. The highest BCUT2D eigenvalue weighted by atomic mass is 32.2. The molecule has 0 saturated heterocycles. The van der Waals surface area contributed by atoms with Gasteiger partial charge < -0.3 is 9.47 Å². The molecule has 1 atom stereocenters. The van der Waals surface area contributed by atoms with Crippen LogP contribution in [0.4, 0.5) is 0 Å². The normalized spacial score (nSPS) is 12.0. The van der Waals surface area contributed by atoms with Crippen LogP contribution in [0.25, 0.3) is 0 Å². The second-order valence-electron chi connectivity index (χ2n) is 4.29. The number of rotatable bonds is 7. The zero-order valence-corrected chi connectivity index (χ0v) is 12.9.